The predicted molar refractivity (Wildman–Crippen MR) is 112 cm³/mol. The van der Waals surface area contributed by atoms with Gasteiger partial charge in [0.15, 0.2) is 0 Å². The molecule has 6 nitrogen and oxygen atoms in total. The zero-order valence-corrected chi connectivity index (χ0v) is 17.5. The molecule has 0 spiro atoms. The molecule has 1 aliphatic heterocycles. The molecule has 6 heteroatoms. The minimum atomic E-state index is -0.155. The third-order valence-electron chi connectivity index (χ3n) is 5.80. The van der Waals surface area contributed by atoms with E-state index in [1.54, 1.807) is 32.4 Å². The molecule has 158 valence electrons. The number of carbonyl (C=O) groups excluding carboxylic acids is 2. The lowest BCUT2D eigenvalue weighted by molar-refractivity contribution is -0.132. The quantitative estimate of drug-likeness (QED) is 0.711. The maximum Gasteiger partial charge on any atom is 0.251 e. The maximum atomic E-state index is 12.7. The van der Waals surface area contributed by atoms with E-state index in [1.807, 2.05) is 4.90 Å². The van der Waals surface area contributed by atoms with Gasteiger partial charge in [0.1, 0.15) is 11.5 Å². The van der Waals surface area contributed by atoms with Gasteiger partial charge in [-0.05, 0) is 56.6 Å². The summed E-state index contributed by atoms with van der Waals surface area (Å²) in [4.78, 5) is 27.3. The van der Waals surface area contributed by atoms with Gasteiger partial charge in [-0.3, -0.25) is 9.59 Å². The predicted octanol–water partition coefficient (Wildman–Crippen LogP) is 3.56. The van der Waals surface area contributed by atoms with Crippen LogP contribution < -0.4 is 14.8 Å². The summed E-state index contributed by atoms with van der Waals surface area (Å²) in [5.74, 6) is 1.52. The van der Waals surface area contributed by atoms with Crippen LogP contribution in [0.4, 0.5) is 0 Å². The number of allylic oxidation sites excluding steroid dienone is 1. The lowest BCUT2D eigenvalue weighted by Gasteiger charge is -2.33. The lowest BCUT2D eigenvalue weighted by atomic mass is 9.94. The number of methoxy groups -OCH3 is 2. The maximum absolute atomic E-state index is 12.7. The first-order valence-corrected chi connectivity index (χ1v) is 10.6. The first kappa shape index (κ1) is 21.2. The molecule has 1 fully saturated rings. The van der Waals surface area contributed by atoms with Gasteiger partial charge in [-0.25, -0.2) is 0 Å². The van der Waals surface area contributed by atoms with Crippen LogP contribution in [0.2, 0.25) is 0 Å². The van der Waals surface area contributed by atoms with E-state index in [1.165, 1.54) is 18.4 Å². The number of likely N-dealkylation sites (tertiary alicyclic amines) is 1. The largest absolute Gasteiger partial charge is 0.497 e. The molecule has 0 radical (unpaired) electrons. The third-order valence-corrected chi connectivity index (χ3v) is 5.80. The summed E-state index contributed by atoms with van der Waals surface area (Å²) in [5, 5.41) is 3.01. The average molecular weight is 401 g/mol. The van der Waals surface area contributed by atoms with Crippen molar-refractivity contribution in [2.75, 3.05) is 33.9 Å². The van der Waals surface area contributed by atoms with Crippen LogP contribution in [0.25, 0.3) is 0 Å². The summed E-state index contributed by atoms with van der Waals surface area (Å²) in [6.45, 7) is 2.10. The Kier molecular flexibility index (Phi) is 7.55. The standard InChI is InChI=1S/C23H32N2O4/c1-28-20-12-19(13-21(14-20)29-2)23(27)24-15-18-9-6-10-25(16-18)22(26)11-17-7-4-3-5-8-17/h7,12-14,18H,3-6,8-11,15-16H2,1-2H3,(H,24,27). The van der Waals surface area contributed by atoms with E-state index >= 15 is 0 Å². The summed E-state index contributed by atoms with van der Waals surface area (Å²) in [5.41, 5.74) is 1.80. The smallest absolute Gasteiger partial charge is 0.251 e. The average Bonchev–Trinajstić information content (AvgIpc) is 2.77. The number of hydrogen-bond donors (Lipinski definition) is 1. The van der Waals surface area contributed by atoms with Crippen LogP contribution in [0, 0.1) is 5.92 Å². The van der Waals surface area contributed by atoms with Gasteiger partial charge in [-0.1, -0.05) is 11.6 Å². The molecular weight excluding hydrogens is 368 g/mol. The molecule has 1 unspecified atom stereocenters. The molecule has 1 N–H and O–H groups in total. The minimum Gasteiger partial charge on any atom is -0.497 e. The highest BCUT2D eigenvalue weighted by Crippen LogP contribution is 2.24. The van der Waals surface area contributed by atoms with Gasteiger partial charge in [-0.2, -0.15) is 0 Å². The number of piperidine rings is 1. The van der Waals surface area contributed by atoms with Crippen molar-refractivity contribution >= 4 is 11.8 Å². The second-order valence-corrected chi connectivity index (χ2v) is 7.94. The van der Waals surface area contributed by atoms with Crippen molar-refractivity contribution < 1.29 is 19.1 Å². The van der Waals surface area contributed by atoms with E-state index in [0.717, 1.165) is 32.2 Å². The van der Waals surface area contributed by atoms with Gasteiger partial charge in [0.2, 0.25) is 5.91 Å². The second kappa shape index (κ2) is 10.3. The molecule has 1 atom stereocenters. The van der Waals surface area contributed by atoms with Crippen molar-refractivity contribution in [2.24, 2.45) is 5.92 Å². The van der Waals surface area contributed by atoms with Crippen molar-refractivity contribution in [3.8, 4) is 11.5 Å². The van der Waals surface area contributed by atoms with Crippen LogP contribution in [-0.4, -0.2) is 50.6 Å². The molecule has 1 saturated heterocycles. The van der Waals surface area contributed by atoms with Gasteiger partial charge in [0, 0.05) is 37.7 Å². The van der Waals surface area contributed by atoms with Crippen molar-refractivity contribution in [3.05, 3.63) is 35.4 Å². The lowest BCUT2D eigenvalue weighted by Crippen LogP contribution is -2.43. The molecule has 0 saturated carbocycles. The van der Waals surface area contributed by atoms with E-state index in [-0.39, 0.29) is 17.7 Å². The number of ether oxygens (including phenoxy) is 2. The van der Waals surface area contributed by atoms with Gasteiger partial charge in [-0.15, -0.1) is 0 Å². The fourth-order valence-electron chi connectivity index (χ4n) is 4.11. The van der Waals surface area contributed by atoms with Crippen molar-refractivity contribution in [1.29, 1.82) is 0 Å². The SMILES string of the molecule is COc1cc(OC)cc(C(=O)NCC2CCCN(C(=O)CC3=CCCCC3)C2)c1. The highest BCUT2D eigenvalue weighted by molar-refractivity contribution is 5.95. The molecule has 1 aliphatic carbocycles. The van der Waals surface area contributed by atoms with E-state index < -0.39 is 0 Å². The summed E-state index contributed by atoms with van der Waals surface area (Å²) in [6.07, 6.45) is 9.40. The van der Waals surface area contributed by atoms with E-state index in [4.69, 9.17) is 9.47 Å². The van der Waals surface area contributed by atoms with Gasteiger partial charge in [0.05, 0.1) is 14.2 Å². The Balaban J connectivity index is 1.52. The molecule has 0 bridgehead atoms. The number of carbonyl (C=O) groups is 2. The molecule has 1 aromatic rings. The number of benzene rings is 1. The third kappa shape index (κ3) is 5.99. The van der Waals surface area contributed by atoms with Crippen molar-refractivity contribution in [2.45, 2.75) is 44.9 Å². The van der Waals surface area contributed by atoms with Crippen LogP contribution in [-0.2, 0) is 4.79 Å². The summed E-state index contributed by atoms with van der Waals surface area (Å²) >= 11 is 0. The summed E-state index contributed by atoms with van der Waals surface area (Å²) < 4.78 is 10.5. The number of hydrogen-bond acceptors (Lipinski definition) is 4. The van der Waals surface area contributed by atoms with E-state index in [2.05, 4.69) is 11.4 Å². The molecule has 1 heterocycles. The normalized spacial score (nSPS) is 19.3. The highest BCUT2D eigenvalue weighted by Gasteiger charge is 2.25. The topological polar surface area (TPSA) is 67.9 Å². The fraction of sp³-hybridized carbons (Fsp3) is 0.565. The van der Waals surface area contributed by atoms with Gasteiger partial charge >= 0.3 is 0 Å². The molecule has 2 amide bonds. The van der Waals surface area contributed by atoms with Gasteiger partial charge < -0.3 is 19.7 Å². The Bertz CT molecular complexity index is 737. The Morgan fingerprint density at radius 3 is 2.52 bits per heavy atom. The van der Waals surface area contributed by atoms with Gasteiger partial charge in [0.25, 0.3) is 5.91 Å². The fourth-order valence-corrected chi connectivity index (χ4v) is 4.11. The summed E-state index contributed by atoms with van der Waals surface area (Å²) in [6, 6.07) is 5.14. The Hall–Kier alpha value is -2.50. The van der Waals surface area contributed by atoms with Crippen molar-refractivity contribution in [1.82, 2.24) is 10.2 Å². The molecule has 2 aliphatic rings. The highest BCUT2D eigenvalue weighted by atomic mass is 16.5. The van der Waals surface area contributed by atoms with Crippen LogP contribution in [0.5, 0.6) is 11.5 Å². The van der Waals surface area contributed by atoms with E-state index in [9.17, 15) is 9.59 Å². The van der Waals surface area contributed by atoms with Crippen LogP contribution >= 0.6 is 0 Å². The number of nitrogens with zero attached hydrogens (tertiary/aromatic N) is 1. The first-order chi connectivity index (χ1) is 14.1. The Labute approximate surface area is 173 Å². The van der Waals surface area contributed by atoms with E-state index in [0.29, 0.717) is 36.6 Å². The Morgan fingerprint density at radius 1 is 1.10 bits per heavy atom. The molecule has 1 aromatic carbocycles. The molecule has 3 rings (SSSR count). The Morgan fingerprint density at radius 2 is 1.86 bits per heavy atom. The second-order valence-electron chi connectivity index (χ2n) is 7.94. The van der Waals surface area contributed by atoms with Crippen LogP contribution in [0.1, 0.15) is 55.3 Å². The minimum absolute atomic E-state index is 0.155. The monoisotopic (exact) mass is 400 g/mol. The van der Waals surface area contributed by atoms with Crippen LogP contribution in [0.3, 0.4) is 0 Å². The molecule has 0 aromatic heterocycles. The molecular formula is C23H32N2O4. The molecule has 29 heavy (non-hydrogen) atoms. The zero-order chi connectivity index (χ0) is 20.6. The number of amides is 2. The van der Waals surface area contributed by atoms with Crippen LogP contribution in [0.15, 0.2) is 29.8 Å². The number of rotatable bonds is 7. The zero-order valence-electron chi connectivity index (χ0n) is 17.5. The first-order valence-electron chi connectivity index (χ1n) is 10.6. The summed E-state index contributed by atoms with van der Waals surface area (Å²) in [7, 11) is 3.13. The number of nitrogens with one attached hydrogen (secondary N) is 1. The van der Waals surface area contributed by atoms with Crippen molar-refractivity contribution in [3.63, 3.8) is 0 Å².